The number of rotatable bonds is 0. The zero-order valence-corrected chi connectivity index (χ0v) is 11.6. The molecule has 0 aliphatic carbocycles. The highest BCUT2D eigenvalue weighted by molar-refractivity contribution is 5.28. The summed E-state index contributed by atoms with van der Waals surface area (Å²) in [5, 5.41) is 0. The minimum absolute atomic E-state index is 1.12. The van der Waals surface area contributed by atoms with Crippen molar-refractivity contribution < 1.29 is 0 Å². The molecule has 1 aromatic carbocycles. The molecule has 1 aliphatic heterocycles. The Hall–Kier alpha value is -0.820. The summed E-state index contributed by atoms with van der Waals surface area (Å²) < 4.78 is 0. The van der Waals surface area contributed by atoms with Crippen LogP contribution in [0.4, 0.5) is 0 Å². The Bertz CT molecular complexity index is 268. The third kappa shape index (κ3) is 5.32. The molecule has 1 aliphatic rings. The molecule has 0 bridgehead atoms. The lowest BCUT2D eigenvalue weighted by atomic mass is 10.0. The molecule has 0 aromatic heterocycles. The number of hydrogen-bond acceptors (Lipinski definition) is 1. The maximum atomic E-state index is 2.36. The molecule has 0 atom stereocenters. The van der Waals surface area contributed by atoms with E-state index in [0.29, 0.717) is 0 Å². The van der Waals surface area contributed by atoms with Crippen LogP contribution in [0, 0.1) is 0 Å². The maximum absolute atomic E-state index is 2.36. The van der Waals surface area contributed by atoms with Crippen LogP contribution in [0.15, 0.2) is 24.3 Å². The molecule has 0 radical (unpaired) electrons. The average Bonchev–Trinajstić information content (AvgIpc) is 2.32. The maximum Gasteiger partial charge on any atom is 0.0233 e. The molecule has 0 saturated carbocycles. The number of fused-ring (bicyclic) bond motifs is 1. The fraction of sp³-hybridized carbons (Fsp3) is 0.600. The van der Waals surface area contributed by atoms with E-state index in [2.05, 4.69) is 50.1 Å². The van der Waals surface area contributed by atoms with Crippen molar-refractivity contribution in [3.05, 3.63) is 35.4 Å². The monoisotopic (exact) mass is 221 g/mol. The van der Waals surface area contributed by atoms with E-state index >= 15 is 0 Å². The van der Waals surface area contributed by atoms with Gasteiger partial charge in [-0.2, -0.15) is 0 Å². The second kappa shape index (κ2) is 9.41. The van der Waals surface area contributed by atoms with Crippen molar-refractivity contribution in [1.29, 1.82) is 0 Å². The van der Waals surface area contributed by atoms with Gasteiger partial charge in [0, 0.05) is 13.1 Å². The first kappa shape index (κ1) is 15.2. The van der Waals surface area contributed by atoms with Gasteiger partial charge in [0.15, 0.2) is 0 Å². The van der Waals surface area contributed by atoms with E-state index in [1.165, 1.54) is 30.5 Å². The first-order valence-electron chi connectivity index (χ1n) is 6.53. The van der Waals surface area contributed by atoms with Crippen LogP contribution >= 0.6 is 0 Å². The highest BCUT2D eigenvalue weighted by Gasteiger charge is 2.10. The van der Waals surface area contributed by atoms with Crippen LogP contribution in [0.25, 0.3) is 0 Å². The van der Waals surface area contributed by atoms with Crippen LogP contribution in [0.2, 0.25) is 0 Å². The van der Waals surface area contributed by atoms with Gasteiger partial charge in [0.25, 0.3) is 0 Å². The first-order valence-corrected chi connectivity index (χ1v) is 6.53. The van der Waals surface area contributed by atoms with Gasteiger partial charge in [-0.3, -0.25) is 0 Å². The summed E-state index contributed by atoms with van der Waals surface area (Å²) in [6.45, 7) is 10.6. The largest absolute Gasteiger partial charge is 0.302 e. The van der Waals surface area contributed by atoms with E-state index in [1.807, 2.05) is 13.8 Å². The molecule has 0 saturated heterocycles. The third-order valence-electron chi connectivity index (χ3n) is 2.32. The molecule has 1 aromatic rings. The summed E-state index contributed by atoms with van der Waals surface area (Å²) in [6.07, 6.45) is 2.46. The van der Waals surface area contributed by atoms with Crippen molar-refractivity contribution >= 4 is 0 Å². The molecule has 0 fully saturated rings. The Labute approximate surface area is 101 Å². The fourth-order valence-corrected chi connectivity index (χ4v) is 1.64. The average molecular weight is 221 g/mol. The van der Waals surface area contributed by atoms with Crippen molar-refractivity contribution in [3.8, 4) is 0 Å². The topological polar surface area (TPSA) is 3.24 Å². The Morgan fingerprint density at radius 1 is 1.06 bits per heavy atom. The lowest BCUT2D eigenvalue weighted by Crippen LogP contribution is -2.26. The standard InChI is InChI=1S/C10H13N.C3H8.C2H6/c1-11-7-6-9-4-2-3-5-10(9)8-11;1-3-2;1-2/h2-5H,6-8H2,1H3;3H2,1-2H3;1-2H3. The number of benzene rings is 1. The molecule has 0 N–H and O–H groups in total. The van der Waals surface area contributed by atoms with Gasteiger partial charge in [-0.1, -0.05) is 58.4 Å². The zero-order chi connectivity index (χ0) is 12.4. The molecule has 0 spiro atoms. The molecule has 16 heavy (non-hydrogen) atoms. The first-order chi connectivity index (χ1) is 7.77. The summed E-state index contributed by atoms with van der Waals surface area (Å²) in [6, 6.07) is 8.72. The van der Waals surface area contributed by atoms with Gasteiger partial charge in [-0.05, 0) is 24.6 Å². The summed E-state index contributed by atoms with van der Waals surface area (Å²) in [4.78, 5) is 2.36. The summed E-state index contributed by atoms with van der Waals surface area (Å²) >= 11 is 0. The molecular weight excluding hydrogens is 194 g/mol. The zero-order valence-electron chi connectivity index (χ0n) is 11.6. The molecule has 92 valence electrons. The molecule has 2 rings (SSSR count). The molecule has 1 heterocycles. The van der Waals surface area contributed by atoms with E-state index in [1.54, 1.807) is 0 Å². The summed E-state index contributed by atoms with van der Waals surface area (Å²) in [7, 11) is 2.18. The fourth-order valence-electron chi connectivity index (χ4n) is 1.64. The van der Waals surface area contributed by atoms with Crippen LogP contribution in [0.3, 0.4) is 0 Å². The van der Waals surface area contributed by atoms with Crippen molar-refractivity contribution in [3.63, 3.8) is 0 Å². The summed E-state index contributed by atoms with van der Waals surface area (Å²) in [5.41, 5.74) is 3.03. The van der Waals surface area contributed by atoms with Crippen LogP contribution < -0.4 is 0 Å². The van der Waals surface area contributed by atoms with E-state index in [9.17, 15) is 0 Å². The van der Waals surface area contributed by atoms with Gasteiger partial charge in [-0.25, -0.2) is 0 Å². The number of hydrogen-bond donors (Lipinski definition) is 0. The quantitative estimate of drug-likeness (QED) is 0.637. The molecule has 1 nitrogen and oxygen atoms in total. The highest BCUT2D eigenvalue weighted by atomic mass is 15.1. The van der Waals surface area contributed by atoms with Crippen LogP contribution in [-0.2, 0) is 13.0 Å². The van der Waals surface area contributed by atoms with Crippen LogP contribution in [0.5, 0.6) is 0 Å². The second-order valence-corrected chi connectivity index (χ2v) is 3.96. The molecule has 0 amide bonds. The predicted molar refractivity (Wildman–Crippen MR) is 73.8 cm³/mol. The van der Waals surface area contributed by atoms with E-state index in [0.717, 1.165) is 6.54 Å². The van der Waals surface area contributed by atoms with Gasteiger partial charge in [0.2, 0.25) is 0 Å². The Balaban J connectivity index is 0.000000394. The van der Waals surface area contributed by atoms with Crippen molar-refractivity contribution in [1.82, 2.24) is 4.90 Å². The van der Waals surface area contributed by atoms with Crippen molar-refractivity contribution in [2.24, 2.45) is 0 Å². The normalized spacial score (nSPS) is 13.8. The smallest absolute Gasteiger partial charge is 0.0233 e. The minimum atomic E-state index is 1.12. The van der Waals surface area contributed by atoms with Crippen molar-refractivity contribution in [2.75, 3.05) is 13.6 Å². The third-order valence-corrected chi connectivity index (χ3v) is 2.32. The van der Waals surface area contributed by atoms with Crippen molar-refractivity contribution in [2.45, 2.75) is 47.1 Å². The van der Waals surface area contributed by atoms with Crippen LogP contribution in [0.1, 0.15) is 45.2 Å². The van der Waals surface area contributed by atoms with Gasteiger partial charge in [0.1, 0.15) is 0 Å². The minimum Gasteiger partial charge on any atom is -0.302 e. The molecular formula is C15H27N. The predicted octanol–water partition coefficient (Wildman–Crippen LogP) is 4.12. The molecule has 1 heteroatoms. The van der Waals surface area contributed by atoms with E-state index in [4.69, 9.17) is 0 Å². The number of likely N-dealkylation sites (N-methyl/N-ethyl adjacent to an activating group) is 1. The lowest BCUT2D eigenvalue weighted by Gasteiger charge is -2.24. The van der Waals surface area contributed by atoms with Crippen LogP contribution in [-0.4, -0.2) is 18.5 Å². The van der Waals surface area contributed by atoms with Gasteiger partial charge in [0.05, 0.1) is 0 Å². The SMILES string of the molecule is CC.CCC.CN1CCc2ccccc2C1. The Kier molecular flexibility index (Phi) is 8.93. The molecule has 0 unspecified atom stereocenters. The van der Waals surface area contributed by atoms with E-state index in [-0.39, 0.29) is 0 Å². The van der Waals surface area contributed by atoms with Gasteiger partial charge < -0.3 is 4.90 Å². The highest BCUT2D eigenvalue weighted by Crippen LogP contribution is 2.16. The van der Waals surface area contributed by atoms with Gasteiger partial charge >= 0.3 is 0 Å². The summed E-state index contributed by atoms with van der Waals surface area (Å²) in [5.74, 6) is 0. The number of nitrogens with zero attached hydrogens (tertiary/aromatic N) is 1. The second-order valence-electron chi connectivity index (χ2n) is 3.96. The van der Waals surface area contributed by atoms with Gasteiger partial charge in [-0.15, -0.1) is 0 Å². The lowest BCUT2D eigenvalue weighted by molar-refractivity contribution is 0.313. The van der Waals surface area contributed by atoms with E-state index < -0.39 is 0 Å². The Morgan fingerprint density at radius 2 is 1.56 bits per heavy atom. The Morgan fingerprint density at radius 3 is 2.12 bits per heavy atom.